The van der Waals surface area contributed by atoms with E-state index >= 15 is 0 Å². The van der Waals surface area contributed by atoms with Gasteiger partial charge in [0.1, 0.15) is 0 Å². The number of nitrogens with zero attached hydrogens (tertiary/aromatic N) is 2. The predicted octanol–water partition coefficient (Wildman–Crippen LogP) is 2.11. The van der Waals surface area contributed by atoms with Crippen LogP contribution < -0.4 is 10.6 Å². The molecule has 0 bridgehead atoms. The van der Waals surface area contributed by atoms with E-state index in [1.807, 2.05) is 16.9 Å². The zero-order chi connectivity index (χ0) is 15.0. The summed E-state index contributed by atoms with van der Waals surface area (Å²) in [4.78, 5) is 11.5. The van der Waals surface area contributed by atoms with Crippen LogP contribution in [0.1, 0.15) is 52.3 Å². The SMILES string of the molecule is CCC(CC)n1ccc(CNCC(=O)NCC(C)C)n1. The second-order valence-corrected chi connectivity index (χ2v) is 5.56. The zero-order valence-corrected chi connectivity index (χ0v) is 13.1. The van der Waals surface area contributed by atoms with Gasteiger partial charge in [-0.05, 0) is 24.8 Å². The summed E-state index contributed by atoms with van der Waals surface area (Å²) in [5, 5.41) is 10.6. The van der Waals surface area contributed by atoms with E-state index in [-0.39, 0.29) is 5.91 Å². The van der Waals surface area contributed by atoms with Crippen molar-refractivity contribution in [2.75, 3.05) is 13.1 Å². The Morgan fingerprint density at radius 2 is 2.05 bits per heavy atom. The number of nitrogens with one attached hydrogen (secondary N) is 2. The highest BCUT2D eigenvalue weighted by Crippen LogP contribution is 2.14. The molecule has 0 fully saturated rings. The monoisotopic (exact) mass is 280 g/mol. The van der Waals surface area contributed by atoms with E-state index in [1.165, 1.54) is 0 Å². The molecular formula is C15H28N4O. The molecule has 0 aliphatic rings. The highest BCUT2D eigenvalue weighted by Gasteiger charge is 2.08. The van der Waals surface area contributed by atoms with Crippen LogP contribution in [0.5, 0.6) is 0 Å². The molecule has 1 rings (SSSR count). The molecule has 1 aromatic rings. The van der Waals surface area contributed by atoms with Gasteiger partial charge in [-0.2, -0.15) is 5.10 Å². The fourth-order valence-corrected chi connectivity index (χ4v) is 2.02. The van der Waals surface area contributed by atoms with Crippen LogP contribution in [0.25, 0.3) is 0 Å². The number of amides is 1. The molecule has 5 nitrogen and oxygen atoms in total. The Morgan fingerprint density at radius 3 is 2.65 bits per heavy atom. The first-order valence-corrected chi connectivity index (χ1v) is 7.58. The molecular weight excluding hydrogens is 252 g/mol. The number of aromatic nitrogens is 2. The average Bonchev–Trinajstić information content (AvgIpc) is 2.86. The van der Waals surface area contributed by atoms with E-state index in [0.29, 0.717) is 25.0 Å². The number of rotatable bonds is 9. The first-order chi connectivity index (χ1) is 9.56. The Hall–Kier alpha value is -1.36. The van der Waals surface area contributed by atoms with Gasteiger partial charge in [0.25, 0.3) is 0 Å². The van der Waals surface area contributed by atoms with Crippen LogP contribution >= 0.6 is 0 Å². The van der Waals surface area contributed by atoms with Crippen molar-refractivity contribution in [3.05, 3.63) is 18.0 Å². The third-order valence-corrected chi connectivity index (χ3v) is 3.28. The molecule has 20 heavy (non-hydrogen) atoms. The maximum absolute atomic E-state index is 11.5. The van der Waals surface area contributed by atoms with Crippen molar-refractivity contribution in [2.24, 2.45) is 5.92 Å². The molecule has 2 N–H and O–H groups in total. The van der Waals surface area contributed by atoms with Gasteiger partial charge in [-0.1, -0.05) is 27.7 Å². The quantitative estimate of drug-likeness (QED) is 0.728. The van der Waals surface area contributed by atoms with Crippen LogP contribution in [0.3, 0.4) is 0 Å². The van der Waals surface area contributed by atoms with Crippen LogP contribution in [0.4, 0.5) is 0 Å². The molecule has 0 saturated carbocycles. The fourth-order valence-electron chi connectivity index (χ4n) is 2.02. The van der Waals surface area contributed by atoms with Crippen molar-refractivity contribution in [1.82, 2.24) is 20.4 Å². The number of hydrogen-bond acceptors (Lipinski definition) is 3. The van der Waals surface area contributed by atoms with Gasteiger partial charge in [0.15, 0.2) is 0 Å². The van der Waals surface area contributed by atoms with Crippen molar-refractivity contribution in [3.8, 4) is 0 Å². The lowest BCUT2D eigenvalue weighted by atomic mass is 10.2. The molecule has 0 unspecified atom stereocenters. The van der Waals surface area contributed by atoms with Crippen LogP contribution in [0, 0.1) is 5.92 Å². The average molecular weight is 280 g/mol. The third-order valence-electron chi connectivity index (χ3n) is 3.28. The fraction of sp³-hybridized carbons (Fsp3) is 0.733. The summed E-state index contributed by atoms with van der Waals surface area (Å²) in [6.45, 7) is 10.2. The van der Waals surface area contributed by atoms with Gasteiger partial charge in [0.2, 0.25) is 5.91 Å². The Bertz CT molecular complexity index is 396. The Labute approximate surface area is 122 Å². The van der Waals surface area contributed by atoms with E-state index in [4.69, 9.17) is 0 Å². The van der Waals surface area contributed by atoms with Crippen molar-refractivity contribution in [1.29, 1.82) is 0 Å². The molecule has 0 aliphatic heterocycles. The summed E-state index contributed by atoms with van der Waals surface area (Å²) < 4.78 is 2.02. The summed E-state index contributed by atoms with van der Waals surface area (Å²) in [7, 11) is 0. The minimum Gasteiger partial charge on any atom is -0.355 e. The molecule has 5 heteroatoms. The highest BCUT2D eigenvalue weighted by atomic mass is 16.1. The summed E-state index contributed by atoms with van der Waals surface area (Å²) in [6.07, 6.45) is 4.19. The lowest BCUT2D eigenvalue weighted by Gasteiger charge is -2.12. The molecule has 114 valence electrons. The van der Waals surface area contributed by atoms with Gasteiger partial charge in [-0.25, -0.2) is 0 Å². The van der Waals surface area contributed by atoms with Crippen molar-refractivity contribution < 1.29 is 4.79 Å². The molecule has 0 saturated heterocycles. The summed E-state index contributed by atoms with van der Waals surface area (Å²) in [5.41, 5.74) is 0.980. The molecule has 0 spiro atoms. The minimum absolute atomic E-state index is 0.0399. The Morgan fingerprint density at radius 1 is 1.35 bits per heavy atom. The summed E-state index contributed by atoms with van der Waals surface area (Å²) in [6, 6.07) is 2.48. The second kappa shape index (κ2) is 8.74. The normalized spacial score (nSPS) is 11.3. The van der Waals surface area contributed by atoms with E-state index in [9.17, 15) is 4.79 Å². The van der Waals surface area contributed by atoms with Crippen LogP contribution in [0.15, 0.2) is 12.3 Å². The Balaban J connectivity index is 2.30. The maximum Gasteiger partial charge on any atom is 0.233 e. The van der Waals surface area contributed by atoms with Gasteiger partial charge in [0.05, 0.1) is 18.3 Å². The topological polar surface area (TPSA) is 59.0 Å². The molecule has 1 aromatic heterocycles. The third kappa shape index (κ3) is 5.74. The lowest BCUT2D eigenvalue weighted by molar-refractivity contribution is -0.120. The van der Waals surface area contributed by atoms with Crippen LogP contribution in [-0.2, 0) is 11.3 Å². The Kier molecular flexibility index (Phi) is 7.30. The van der Waals surface area contributed by atoms with Crippen molar-refractivity contribution in [2.45, 2.75) is 53.1 Å². The van der Waals surface area contributed by atoms with Crippen molar-refractivity contribution >= 4 is 5.91 Å². The molecule has 0 aliphatic carbocycles. The van der Waals surface area contributed by atoms with Gasteiger partial charge in [-0.15, -0.1) is 0 Å². The van der Waals surface area contributed by atoms with Crippen molar-refractivity contribution in [3.63, 3.8) is 0 Å². The maximum atomic E-state index is 11.5. The van der Waals surface area contributed by atoms with E-state index in [0.717, 1.165) is 25.1 Å². The van der Waals surface area contributed by atoms with Crippen LogP contribution in [0.2, 0.25) is 0 Å². The first kappa shape index (κ1) is 16.7. The van der Waals surface area contributed by atoms with Gasteiger partial charge < -0.3 is 10.6 Å². The minimum atomic E-state index is 0.0399. The number of hydrogen-bond donors (Lipinski definition) is 2. The lowest BCUT2D eigenvalue weighted by Crippen LogP contribution is -2.35. The van der Waals surface area contributed by atoms with Gasteiger partial charge in [-0.3, -0.25) is 9.48 Å². The molecule has 1 amide bonds. The standard InChI is InChI=1S/C15H28N4O/c1-5-14(6-2)19-8-7-13(18-19)10-16-11-15(20)17-9-12(3)4/h7-8,12,14,16H,5-6,9-11H2,1-4H3,(H,17,20). The molecule has 1 heterocycles. The smallest absolute Gasteiger partial charge is 0.233 e. The molecule has 0 aromatic carbocycles. The van der Waals surface area contributed by atoms with Gasteiger partial charge >= 0.3 is 0 Å². The van der Waals surface area contributed by atoms with E-state index in [1.54, 1.807) is 0 Å². The summed E-state index contributed by atoms with van der Waals surface area (Å²) >= 11 is 0. The molecule has 0 atom stereocenters. The first-order valence-electron chi connectivity index (χ1n) is 7.58. The van der Waals surface area contributed by atoms with E-state index in [2.05, 4.69) is 43.4 Å². The zero-order valence-electron chi connectivity index (χ0n) is 13.1. The largest absolute Gasteiger partial charge is 0.355 e. The predicted molar refractivity (Wildman–Crippen MR) is 81.4 cm³/mol. The number of carbonyl (C=O) groups is 1. The van der Waals surface area contributed by atoms with E-state index < -0.39 is 0 Å². The highest BCUT2D eigenvalue weighted by molar-refractivity contribution is 5.77. The summed E-state index contributed by atoms with van der Waals surface area (Å²) in [5.74, 6) is 0.521. The number of carbonyl (C=O) groups excluding carboxylic acids is 1. The van der Waals surface area contributed by atoms with Crippen LogP contribution in [-0.4, -0.2) is 28.8 Å². The molecule has 0 radical (unpaired) electrons. The van der Waals surface area contributed by atoms with Gasteiger partial charge in [0, 0.05) is 19.3 Å². The second-order valence-electron chi connectivity index (χ2n) is 5.56.